The van der Waals surface area contributed by atoms with Crippen LogP contribution in [0, 0.1) is 0 Å². The highest BCUT2D eigenvalue weighted by Crippen LogP contribution is 2.54. The molecule has 0 aromatic heterocycles. The summed E-state index contributed by atoms with van der Waals surface area (Å²) in [5, 5.41) is 13.0. The molecule has 6 aromatic rings. The lowest BCUT2D eigenvalue weighted by molar-refractivity contribution is 0.265. The number of nitrogens with one attached hydrogen (secondary N) is 1. The van der Waals surface area contributed by atoms with Crippen molar-refractivity contribution in [2.45, 2.75) is 12.8 Å². The molecule has 1 unspecified atom stereocenters. The summed E-state index contributed by atoms with van der Waals surface area (Å²) < 4.78 is 6.14. The van der Waals surface area contributed by atoms with Crippen molar-refractivity contribution >= 4 is 60.0 Å². The average Bonchev–Trinajstić information content (AvgIpc) is 2.96. The zero-order valence-corrected chi connectivity index (χ0v) is 22.2. The molecular weight excluding hydrogens is 476 g/mol. The highest BCUT2D eigenvalue weighted by Gasteiger charge is 2.39. The Morgan fingerprint density at radius 3 is 1.95 bits per heavy atom. The molecule has 0 spiro atoms. The number of methoxy groups -OCH3 is 1. The molecule has 3 N–H and O–H groups in total. The van der Waals surface area contributed by atoms with Gasteiger partial charge in [-0.05, 0) is 92.3 Å². The first-order chi connectivity index (χ1) is 19.1. The minimum atomic E-state index is -0.0163. The quantitative estimate of drug-likeness (QED) is 0.181. The molecule has 0 saturated carbocycles. The zero-order chi connectivity index (χ0) is 26.7. The van der Waals surface area contributed by atoms with Gasteiger partial charge < -0.3 is 15.8 Å². The molecule has 7 rings (SSSR count). The summed E-state index contributed by atoms with van der Waals surface area (Å²) >= 11 is 0. The normalized spacial score (nSPS) is 15.3. The van der Waals surface area contributed by atoms with Crippen LogP contribution in [0.2, 0.25) is 0 Å². The van der Waals surface area contributed by atoms with E-state index < -0.39 is 0 Å². The molecule has 0 aliphatic heterocycles. The summed E-state index contributed by atoms with van der Waals surface area (Å²) in [7, 11) is 1.77. The molecule has 0 amide bonds. The first-order valence-corrected chi connectivity index (χ1v) is 13.5. The van der Waals surface area contributed by atoms with Gasteiger partial charge in [-0.25, -0.2) is 0 Å². The lowest BCUT2D eigenvalue weighted by atomic mass is 9.70. The van der Waals surface area contributed by atoms with Crippen LogP contribution in [0.25, 0.3) is 48.7 Å². The Kier molecular flexibility index (Phi) is 5.34. The van der Waals surface area contributed by atoms with Crippen LogP contribution in [0.5, 0.6) is 0 Å². The van der Waals surface area contributed by atoms with E-state index in [1.54, 1.807) is 7.11 Å². The van der Waals surface area contributed by atoms with Crippen molar-refractivity contribution in [3.63, 3.8) is 0 Å². The third kappa shape index (κ3) is 3.50. The summed E-state index contributed by atoms with van der Waals surface area (Å²) in [5.41, 5.74) is 12.9. The van der Waals surface area contributed by atoms with Gasteiger partial charge >= 0.3 is 0 Å². The van der Waals surface area contributed by atoms with Gasteiger partial charge in [0.05, 0.1) is 13.0 Å². The van der Waals surface area contributed by atoms with Gasteiger partial charge in [0.1, 0.15) is 5.76 Å². The van der Waals surface area contributed by atoms with E-state index in [0.717, 1.165) is 51.2 Å². The topological polar surface area (TPSA) is 47.3 Å². The second-order valence-electron chi connectivity index (χ2n) is 10.3. The molecule has 3 nitrogen and oxygen atoms in total. The van der Waals surface area contributed by atoms with E-state index in [1.807, 2.05) is 6.07 Å². The van der Waals surface area contributed by atoms with Gasteiger partial charge in [0, 0.05) is 34.3 Å². The predicted octanol–water partition coefficient (Wildman–Crippen LogP) is 9.02. The fourth-order valence-corrected chi connectivity index (χ4v) is 6.31. The maximum atomic E-state index is 6.47. The van der Waals surface area contributed by atoms with Gasteiger partial charge in [0.15, 0.2) is 0 Å². The molecule has 6 aromatic carbocycles. The van der Waals surface area contributed by atoms with Gasteiger partial charge in [-0.2, -0.15) is 0 Å². The Bertz CT molecular complexity index is 2000. The van der Waals surface area contributed by atoms with Crippen LogP contribution in [-0.2, 0) is 4.74 Å². The molecule has 1 atom stereocenters. The molecule has 39 heavy (non-hydrogen) atoms. The number of nitrogens with two attached hydrogens (primary N) is 1. The summed E-state index contributed by atoms with van der Waals surface area (Å²) in [6.07, 6.45) is 0. The summed E-state index contributed by atoms with van der Waals surface area (Å²) in [4.78, 5) is 0. The molecule has 0 saturated heterocycles. The van der Waals surface area contributed by atoms with Crippen LogP contribution >= 0.6 is 0 Å². The summed E-state index contributed by atoms with van der Waals surface area (Å²) in [6.45, 7) is 7.61. The average molecular weight is 507 g/mol. The van der Waals surface area contributed by atoms with Crippen molar-refractivity contribution in [1.29, 1.82) is 0 Å². The van der Waals surface area contributed by atoms with E-state index >= 15 is 0 Å². The first-order valence-electron chi connectivity index (χ1n) is 13.5. The number of rotatable bonds is 5. The standard InChI is InChI=1S/C36H30N2O/c1-4-38-33-16-14-27(29-18-23-10-6-8-12-25(23)20-31(29)33)35-21(2)34(36(35)39-3)26-13-15-32(37)30-19-24-11-7-5-9-22(24)17-28(26)30/h5-20,35,38H,2,4,37H2,1,3H3. The maximum absolute atomic E-state index is 6.47. The van der Waals surface area contributed by atoms with E-state index in [0.29, 0.717) is 0 Å². The third-order valence-electron chi connectivity index (χ3n) is 8.18. The third-order valence-corrected chi connectivity index (χ3v) is 8.18. The fraction of sp³-hybridized carbons (Fsp3) is 0.111. The first kappa shape index (κ1) is 23.4. The van der Waals surface area contributed by atoms with Crippen molar-refractivity contribution in [3.05, 3.63) is 126 Å². The Hall–Kier alpha value is -4.76. The molecule has 1 aliphatic carbocycles. The smallest absolute Gasteiger partial charge is 0.116 e. The molecule has 190 valence electrons. The summed E-state index contributed by atoms with van der Waals surface area (Å²) in [5.74, 6) is 0.933. The van der Waals surface area contributed by atoms with Crippen LogP contribution in [0.1, 0.15) is 24.0 Å². The van der Waals surface area contributed by atoms with E-state index in [-0.39, 0.29) is 5.92 Å². The number of nitrogen functional groups attached to an aromatic ring is 1. The Labute approximate surface area is 228 Å². The molecular formula is C36H30N2O. The molecule has 0 heterocycles. The van der Waals surface area contributed by atoms with Crippen molar-refractivity contribution in [3.8, 4) is 0 Å². The Morgan fingerprint density at radius 2 is 1.33 bits per heavy atom. The number of hydrogen-bond acceptors (Lipinski definition) is 3. The van der Waals surface area contributed by atoms with Crippen molar-refractivity contribution in [2.24, 2.45) is 0 Å². The second-order valence-corrected chi connectivity index (χ2v) is 10.3. The van der Waals surface area contributed by atoms with E-state index in [2.05, 4.69) is 110 Å². The van der Waals surface area contributed by atoms with Gasteiger partial charge in [-0.15, -0.1) is 0 Å². The van der Waals surface area contributed by atoms with Gasteiger partial charge in [-0.1, -0.05) is 67.2 Å². The SMILES string of the molecule is C=C1C(c2ccc(N)c3cc4ccccc4cc23)=C(OC)C1c1ccc(NCC)c2cc3ccccc3cc12. The minimum Gasteiger partial charge on any atom is -0.499 e. The number of allylic oxidation sites excluding steroid dienone is 2. The van der Waals surface area contributed by atoms with Crippen LogP contribution in [0.15, 0.2) is 115 Å². The van der Waals surface area contributed by atoms with Crippen molar-refractivity contribution < 1.29 is 4.74 Å². The van der Waals surface area contributed by atoms with Crippen molar-refractivity contribution in [2.75, 3.05) is 24.7 Å². The monoisotopic (exact) mass is 506 g/mol. The highest BCUT2D eigenvalue weighted by atomic mass is 16.5. The highest BCUT2D eigenvalue weighted by molar-refractivity contribution is 6.12. The largest absolute Gasteiger partial charge is 0.499 e. The van der Waals surface area contributed by atoms with Crippen LogP contribution in [0.4, 0.5) is 11.4 Å². The second kappa shape index (κ2) is 8.92. The molecule has 3 heteroatoms. The van der Waals surface area contributed by atoms with E-state index in [1.165, 1.54) is 37.9 Å². The summed E-state index contributed by atoms with van der Waals surface area (Å²) in [6, 6.07) is 34.5. The fourth-order valence-electron chi connectivity index (χ4n) is 6.31. The molecule has 0 radical (unpaired) electrons. The Balaban J connectivity index is 1.45. The lowest BCUT2D eigenvalue weighted by Crippen LogP contribution is -2.21. The lowest BCUT2D eigenvalue weighted by Gasteiger charge is -2.36. The Morgan fingerprint density at radius 1 is 0.744 bits per heavy atom. The van der Waals surface area contributed by atoms with Gasteiger partial charge in [-0.3, -0.25) is 0 Å². The zero-order valence-electron chi connectivity index (χ0n) is 22.2. The van der Waals surface area contributed by atoms with E-state index in [9.17, 15) is 0 Å². The van der Waals surface area contributed by atoms with Crippen LogP contribution in [-0.4, -0.2) is 13.7 Å². The molecule has 0 bridgehead atoms. The van der Waals surface area contributed by atoms with Crippen LogP contribution < -0.4 is 11.1 Å². The predicted molar refractivity (Wildman–Crippen MR) is 167 cm³/mol. The van der Waals surface area contributed by atoms with Gasteiger partial charge in [0.25, 0.3) is 0 Å². The van der Waals surface area contributed by atoms with Gasteiger partial charge in [0.2, 0.25) is 0 Å². The number of fused-ring (bicyclic) bond motifs is 4. The number of anilines is 2. The number of ether oxygens (including phenoxy) is 1. The number of benzene rings is 6. The minimum absolute atomic E-state index is 0.0163. The molecule has 0 fully saturated rings. The maximum Gasteiger partial charge on any atom is 0.116 e. The number of hydrogen-bond donors (Lipinski definition) is 2. The van der Waals surface area contributed by atoms with Crippen LogP contribution in [0.3, 0.4) is 0 Å². The molecule has 1 aliphatic rings. The van der Waals surface area contributed by atoms with E-state index in [4.69, 9.17) is 10.5 Å². The van der Waals surface area contributed by atoms with Crippen molar-refractivity contribution in [1.82, 2.24) is 0 Å².